The lowest BCUT2D eigenvalue weighted by atomic mass is 10.1. The quantitative estimate of drug-likeness (QED) is 0.866. The van der Waals surface area contributed by atoms with Gasteiger partial charge in [0.2, 0.25) is 0 Å². The second kappa shape index (κ2) is 6.44. The Morgan fingerprint density at radius 2 is 1.80 bits per heavy atom. The van der Waals surface area contributed by atoms with Crippen LogP contribution in [0.2, 0.25) is 0 Å². The summed E-state index contributed by atoms with van der Waals surface area (Å²) in [5, 5.41) is 13.4. The highest BCUT2D eigenvalue weighted by Gasteiger charge is 2.12. The van der Waals surface area contributed by atoms with Crippen LogP contribution in [0.3, 0.4) is 0 Å². The third-order valence-corrected chi connectivity index (χ3v) is 3.61. The van der Waals surface area contributed by atoms with E-state index in [0.29, 0.717) is 5.75 Å². The van der Waals surface area contributed by atoms with Crippen molar-refractivity contribution in [3.8, 4) is 5.75 Å². The standard InChI is InChI=1S/C17H22N2O/c1-4-19(14-8-6-5-7-9-14)15-10-11-16(13(2)18-3)17(20)12-15/h5-13,18,20H,4H2,1-3H3. The Kier molecular flexibility index (Phi) is 4.64. The van der Waals surface area contributed by atoms with Gasteiger partial charge in [-0.05, 0) is 39.1 Å². The van der Waals surface area contributed by atoms with Crippen LogP contribution in [0, 0.1) is 0 Å². The van der Waals surface area contributed by atoms with Gasteiger partial charge in [0.25, 0.3) is 0 Å². The van der Waals surface area contributed by atoms with Gasteiger partial charge in [0, 0.05) is 35.6 Å². The maximum Gasteiger partial charge on any atom is 0.122 e. The molecule has 20 heavy (non-hydrogen) atoms. The van der Waals surface area contributed by atoms with Crippen molar-refractivity contribution >= 4 is 11.4 Å². The fourth-order valence-electron chi connectivity index (χ4n) is 2.34. The van der Waals surface area contributed by atoms with E-state index in [1.807, 2.05) is 44.3 Å². The predicted octanol–water partition coefficient (Wildman–Crippen LogP) is 3.83. The monoisotopic (exact) mass is 270 g/mol. The number of phenolic OH excluding ortho intramolecular Hbond substituents is 1. The number of aromatic hydroxyl groups is 1. The summed E-state index contributed by atoms with van der Waals surface area (Å²) in [5.74, 6) is 0.332. The van der Waals surface area contributed by atoms with E-state index in [0.717, 1.165) is 23.5 Å². The summed E-state index contributed by atoms with van der Waals surface area (Å²) < 4.78 is 0. The summed E-state index contributed by atoms with van der Waals surface area (Å²) in [6, 6.07) is 16.2. The second-order valence-corrected chi connectivity index (χ2v) is 4.83. The zero-order valence-corrected chi connectivity index (χ0v) is 12.3. The molecular formula is C17H22N2O. The fourth-order valence-corrected chi connectivity index (χ4v) is 2.34. The normalized spacial score (nSPS) is 12.2. The molecule has 0 saturated heterocycles. The van der Waals surface area contributed by atoms with Crippen molar-refractivity contribution in [1.29, 1.82) is 0 Å². The molecule has 3 heteroatoms. The molecule has 0 radical (unpaired) electrons. The van der Waals surface area contributed by atoms with E-state index in [1.54, 1.807) is 0 Å². The molecule has 2 N–H and O–H groups in total. The third-order valence-electron chi connectivity index (χ3n) is 3.61. The summed E-state index contributed by atoms with van der Waals surface area (Å²) in [6.45, 7) is 4.99. The summed E-state index contributed by atoms with van der Waals surface area (Å²) in [5.41, 5.74) is 3.05. The van der Waals surface area contributed by atoms with Crippen LogP contribution in [0.25, 0.3) is 0 Å². The number of hydrogen-bond donors (Lipinski definition) is 2. The Hall–Kier alpha value is -2.00. The van der Waals surface area contributed by atoms with Crippen LogP contribution in [-0.4, -0.2) is 18.7 Å². The van der Waals surface area contributed by atoms with E-state index >= 15 is 0 Å². The van der Waals surface area contributed by atoms with Gasteiger partial charge >= 0.3 is 0 Å². The van der Waals surface area contributed by atoms with Crippen molar-refractivity contribution < 1.29 is 5.11 Å². The molecule has 106 valence electrons. The Balaban J connectivity index is 2.35. The van der Waals surface area contributed by atoms with Crippen molar-refractivity contribution in [1.82, 2.24) is 5.32 Å². The third kappa shape index (κ3) is 2.94. The number of benzene rings is 2. The first kappa shape index (κ1) is 14.4. The van der Waals surface area contributed by atoms with Gasteiger partial charge in [0.1, 0.15) is 5.75 Å². The number of hydrogen-bond acceptors (Lipinski definition) is 3. The number of phenols is 1. The summed E-state index contributed by atoms with van der Waals surface area (Å²) >= 11 is 0. The van der Waals surface area contributed by atoms with E-state index in [9.17, 15) is 5.11 Å². The minimum Gasteiger partial charge on any atom is -0.508 e. The highest BCUT2D eigenvalue weighted by atomic mass is 16.3. The van der Waals surface area contributed by atoms with Crippen LogP contribution in [0.1, 0.15) is 25.5 Å². The molecule has 0 aliphatic heterocycles. The molecule has 1 atom stereocenters. The number of rotatable bonds is 5. The van der Waals surface area contributed by atoms with Gasteiger partial charge in [-0.25, -0.2) is 0 Å². The Labute approximate surface area is 120 Å². The Morgan fingerprint density at radius 3 is 2.35 bits per heavy atom. The summed E-state index contributed by atoms with van der Waals surface area (Å²) in [6.07, 6.45) is 0. The second-order valence-electron chi connectivity index (χ2n) is 4.83. The smallest absolute Gasteiger partial charge is 0.122 e. The number of nitrogens with one attached hydrogen (secondary N) is 1. The van der Waals surface area contributed by atoms with Gasteiger partial charge < -0.3 is 15.3 Å². The van der Waals surface area contributed by atoms with E-state index in [-0.39, 0.29) is 6.04 Å². The molecule has 0 aliphatic carbocycles. The maximum absolute atomic E-state index is 10.2. The molecule has 3 nitrogen and oxygen atoms in total. The molecule has 2 aromatic carbocycles. The van der Waals surface area contributed by atoms with Crippen molar-refractivity contribution in [2.45, 2.75) is 19.9 Å². The minimum atomic E-state index is 0.135. The predicted molar refractivity (Wildman–Crippen MR) is 84.7 cm³/mol. The summed E-state index contributed by atoms with van der Waals surface area (Å²) in [7, 11) is 1.89. The zero-order valence-electron chi connectivity index (χ0n) is 12.3. The van der Waals surface area contributed by atoms with E-state index < -0.39 is 0 Å². The van der Waals surface area contributed by atoms with E-state index in [2.05, 4.69) is 35.3 Å². The number of para-hydroxylation sites is 1. The van der Waals surface area contributed by atoms with Crippen LogP contribution in [0.5, 0.6) is 5.75 Å². The molecule has 0 spiro atoms. The Morgan fingerprint density at radius 1 is 1.10 bits per heavy atom. The summed E-state index contributed by atoms with van der Waals surface area (Å²) in [4.78, 5) is 2.17. The first-order chi connectivity index (χ1) is 9.67. The zero-order chi connectivity index (χ0) is 14.5. The molecule has 0 saturated carbocycles. The molecule has 0 amide bonds. The minimum absolute atomic E-state index is 0.135. The van der Waals surface area contributed by atoms with Gasteiger partial charge in [-0.15, -0.1) is 0 Å². The average Bonchev–Trinajstić information content (AvgIpc) is 2.48. The molecule has 0 fully saturated rings. The van der Waals surface area contributed by atoms with Crippen LogP contribution in [-0.2, 0) is 0 Å². The van der Waals surface area contributed by atoms with Crippen LogP contribution < -0.4 is 10.2 Å². The lowest BCUT2D eigenvalue weighted by Gasteiger charge is -2.24. The molecule has 0 aromatic heterocycles. The Bertz CT molecular complexity index is 554. The SMILES string of the molecule is CCN(c1ccccc1)c1ccc(C(C)NC)c(O)c1. The van der Waals surface area contributed by atoms with Gasteiger partial charge in [-0.1, -0.05) is 24.3 Å². The average molecular weight is 270 g/mol. The molecule has 0 bridgehead atoms. The fraction of sp³-hybridized carbons (Fsp3) is 0.294. The van der Waals surface area contributed by atoms with Gasteiger partial charge in [0.15, 0.2) is 0 Å². The van der Waals surface area contributed by atoms with Gasteiger partial charge in [0.05, 0.1) is 0 Å². The van der Waals surface area contributed by atoms with Crippen LogP contribution in [0.15, 0.2) is 48.5 Å². The molecule has 0 heterocycles. The molecule has 2 aromatic rings. The molecule has 1 unspecified atom stereocenters. The molecule has 2 rings (SSSR count). The lowest BCUT2D eigenvalue weighted by Crippen LogP contribution is -2.16. The van der Waals surface area contributed by atoms with Crippen molar-refractivity contribution in [3.05, 3.63) is 54.1 Å². The van der Waals surface area contributed by atoms with Crippen molar-refractivity contribution in [3.63, 3.8) is 0 Å². The maximum atomic E-state index is 10.2. The number of anilines is 2. The highest BCUT2D eigenvalue weighted by molar-refractivity contribution is 5.65. The van der Waals surface area contributed by atoms with Crippen molar-refractivity contribution in [2.24, 2.45) is 0 Å². The van der Waals surface area contributed by atoms with Crippen LogP contribution >= 0.6 is 0 Å². The van der Waals surface area contributed by atoms with Crippen molar-refractivity contribution in [2.75, 3.05) is 18.5 Å². The molecular weight excluding hydrogens is 248 g/mol. The topological polar surface area (TPSA) is 35.5 Å². The van der Waals surface area contributed by atoms with E-state index in [4.69, 9.17) is 0 Å². The lowest BCUT2D eigenvalue weighted by molar-refractivity contribution is 0.458. The van der Waals surface area contributed by atoms with E-state index in [1.165, 1.54) is 0 Å². The molecule has 0 aliphatic rings. The van der Waals surface area contributed by atoms with Gasteiger partial charge in [-0.3, -0.25) is 0 Å². The first-order valence-electron chi connectivity index (χ1n) is 7.00. The van der Waals surface area contributed by atoms with Gasteiger partial charge in [-0.2, -0.15) is 0 Å². The largest absolute Gasteiger partial charge is 0.508 e. The highest BCUT2D eigenvalue weighted by Crippen LogP contribution is 2.32. The number of nitrogens with zero attached hydrogens (tertiary/aromatic N) is 1. The first-order valence-corrected chi connectivity index (χ1v) is 7.00. The van der Waals surface area contributed by atoms with Crippen LogP contribution in [0.4, 0.5) is 11.4 Å².